The molecule has 0 radical (unpaired) electrons. The predicted octanol–water partition coefficient (Wildman–Crippen LogP) is 0.125. The molecule has 0 spiro atoms. The molecule has 0 rings (SSSR count). The van der Waals surface area contributed by atoms with E-state index >= 15 is 0 Å². The van der Waals surface area contributed by atoms with Crippen LogP contribution < -0.4 is 0 Å². The van der Waals surface area contributed by atoms with Gasteiger partial charge in [-0.2, -0.15) is 0 Å². The van der Waals surface area contributed by atoms with Gasteiger partial charge in [0.05, 0.1) is 5.75 Å². The number of aliphatic hydroxyl groups excluding tert-OH is 1. The summed E-state index contributed by atoms with van der Waals surface area (Å²) in [7, 11) is -0.840. The van der Waals surface area contributed by atoms with Gasteiger partial charge in [-0.25, -0.2) is 8.42 Å². The minimum atomic E-state index is -2.81. The summed E-state index contributed by atoms with van der Waals surface area (Å²) in [6.45, 7) is 1.96. The molecule has 14 heavy (non-hydrogen) atoms. The molecule has 0 aromatic carbocycles. The molecule has 0 unspecified atom stereocenters. The van der Waals surface area contributed by atoms with E-state index in [0.29, 0.717) is 6.42 Å². The maximum atomic E-state index is 10.8. The van der Waals surface area contributed by atoms with E-state index in [1.807, 2.05) is 7.05 Å². The van der Waals surface area contributed by atoms with Crippen LogP contribution in [0.15, 0.2) is 0 Å². The third-order valence-corrected chi connectivity index (χ3v) is 3.03. The van der Waals surface area contributed by atoms with Gasteiger partial charge in [0.1, 0.15) is 9.84 Å². The lowest BCUT2D eigenvalue weighted by atomic mass is 10.3. The van der Waals surface area contributed by atoms with Crippen molar-refractivity contribution >= 4 is 9.84 Å². The summed E-state index contributed by atoms with van der Waals surface area (Å²) in [6.07, 6.45) is 3.73. The van der Waals surface area contributed by atoms with Crippen LogP contribution in [0.5, 0.6) is 0 Å². The Balaban J connectivity index is 3.40. The van der Waals surface area contributed by atoms with Crippen LogP contribution in [0.1, 0.15) is 19.3 Å². The molecule has 0 aliphatic heterocycles. The molecule has 0 heterocycles. The molecule has 86 valence electrons. The molecule has 0 atom stereocenters. The molecular formula is C9H21NO3S. The summed E-state index contributed by atoms with van der Waals surface area (Å²) < 4.78 is 21.6. The minimum absolute atomic E-state index is 0.233. The Kier molecular flexibility index (Phi) is 7.13. The lowest BCUT2D eigenvalue weighted by Gasteiger charge is -2.15. The highest BCUT2D eigenvalue weighted by Gasteiger charge is 2.03. The second-order valence-electron chi connectivity index (χ2n) is 3.72. The molecule has 0 aliphatic rings. The summed E-state index contributed by atoms with van der Waals surface area (Å²) >= 11 is 0. The largest absolute Gasteiger partial charge is 0.396 e. The van der Waals surface area contributed by atoms with Crippen molar-refractivity contribution in [2.24, 2.45) is 0 Å². The van der Waals surface area contributed by atoms with E-state index < -0.39 is 9.84 Å². The SMILES string of the molecule is CN(CCCCO)CCCS(C)(=O)=O. The van der Waals surface area contributed by atoms with Crippen LogP contribution >= 0.6 is 0 Å². The smallest absolute Gasteiger partial charge is 0.147 e. The van der Waals surface area contributed by atoms with E-state index in [2.05, 4.69) is 4.90 Å². The van der Waals surface area contributed by atoms with Crippen molar-refractivity contribution in [3.8, 4) is 0 Å². The fraction of sp³-hybridized carbons (Fsp3) is 1.00. The van der Waals surface area contributed by atoms with Crippen molar-refractivity contribution in [3.63, 3.8) is 0 Å². The molecule has 0 bridgehead atoms. The van der Waals surface area contributed by atoms with Crippen LogP contribution in [-0.2, 0) is 9.84 Å². The molecule has 0 saturated heterocycles. The van der Waals surface area contributed by atoms with Gasteiger partial charge in [-0.05, 0) is 39.4 Å². The van der Waals surface area contributed by atoms with E-state index in [0.717, 1.165) is 25.9 Å². The first kappa shape index (κ1) is 13.9. The van der Waals surface area contributed by atoms with E-state index in [9.17, 15) is 8.42 Å². The number of rotatable bonds is 8. The number of aliphatic hydroxyl groups is 1. The lowest BCUT2D eigenvalue weighted by Crippen LogP contribution is -2.23. The van der Waals surface area contributed by atoms with Gasteiger partial charge in [0.2, 0.25) is 0 Å². The highest BCUT2D eigenvalue weighted by molar-refractivity contribution is 7.90. The average Bonchev–Trinajstić information content (AvgIpc) is 2.02. The van der Waals surface area contributed by atoms with E-state index in [4.69, 9.17) is 5.11 Å². The van der Waals surface area contributed by atoms with Gasteiger partial charge in [-0.15, -0.1) is 0 Å². The van der Waals surface area contributed by atoms with Crippen LogP contribution in [0, 0.1) is 0 Å². The van der Waals surface area contributed by atoms with Gasteiger partial charge in [0.25, 0.3) is 0 Å². The lowest BCUT2D eigenvalue weighted by molar-refractivity contribution is 0.264. The van der Waals surface area contributed by atoms with Crippen molar-refractivity contribution in [1.29, 1.82) is 0 Å². The minimum Gasteiger partial charge on any atom is -0.396 e. The molecule has 0 saturated carbocycles. The van der Waals surface area contributed by atoms with Gasteiger partial charge >= 0.3 is 0 Å². The molecule has 0 fully saturated rings. The zero-order chi connectivity index (χ0) is 11.0. The molecule has 0 aromatic heterocycles. The van der Waals surface area contributed by atoms with Crippen molar-refractivity contribution in [3.05, 3.63) is 0 Å². The molecule has 0 amide bonds. The van der Waals surface area contributed by atoms with Crippen molar-refractivity contribution < 1.29 is 13.5 Å². The van der Waals surface area contributed by atoms with Crippen molar-refractivity contribution in [2.75, 3.05) is 38.8 Å². The molecule has 1 N–H and O–H groups in total. The standard InChI is InChI=1S/C9H21NO3S/c1-10(6-3-4-8-11)7-5-9-14(2,12)13/h11H,3-9H2,1-2H3. The highest BCUT2D eigenvalue weighted by atomic mass is 32.2. The Morgan fingerprint density at radius 2 is 1.71 bits per heavy atom. The number of hydrogen-bond acceptors (Lipinski definition) is 4. The Morgan fingerprint density at radius 1 is 1.14 bits per heavy atom. The first-order chi connectivity index (χ1) is 6.45. The summed E-state index contributed by atoms with van der Waals surface area (Å²) in [4.78, 5) is 2.10. The van der Waals surface area contributed by atoms with Gasteiger partial charge in [-0.1, -0.05) is 0 Å². The fourth-order valence-electron chi connectivity index (χ4n) is 1.20. The Bertz CT molecular complexity index is 226. The number of hydrogen-bond donors (Lipinski definition) is 1. The van der Waals surface area contributed by atoms with Crippen LogP contribution in [0.2, 0.25) is 0 Å². The van der Waals surface area contributed by atoms with Crippen LogP contribution in [0.25, 0.3) is 0 Å². The second kappa shape index (κ2) is 7.20. The van der Waals surface area contributed by atoms with Gasteiger partial charge < -0.3 is 10.0 Å². The first-order valence-electron chi connectivity index (χ1n) is 4.93. The normalized spacial score (nSPS) is 12.3. The molecule has 4 nitrogen and oxygen atoms in total. The quantitative estimate of drug-likeness (QED) is 0.594. The average molecular weight is 223 g/mol. The number of unbranched alkanes of at least 4 members (excludes halogenated alkanes) is 1. The third-order valence-electron chi connectivity index (χ3n) is 2.00. The van der Waals surface area contributed by atoms with Gasteiger partial charge in [-0.3, -0.25) is 0 Å². The van der Waals surface area contributed by atoms with Crippen LogP contribution in [0.4, 0.5) is 0 Å². The van der Waals surface area contributed by atoms with Crippen molar-refractivity contribution in [1.82, 2.24) is 4.90 Å². The summed E-state index contributed by atoms with van der Waals surface area (Å²) in [5.41, 5.74) is 0. The Hall–Kier alpha value is -0.130. The summed E-state index contributed by atoms with van der Waals surface area (Å²) in [5, 5.41) is 8.56. The zero-order valence-electron chi connectivity index (χ0n) is 9.07. The summed E-state index contributed by atoms with van der Waals surface area (Å²) in [6, 6.07) is 0. The van der Waals surface area contributed by atoms with Crippen LogP contribution in [0.3, 0.4) is 0 Å². The number of nitrogens with zero attached hydrogens (tertiary/aromatic N) is 1. The zero-order valence-corrected chi connectivity index (χ0v) is 9.89. The van der Waals surface area contributed by atoms with Crippen LogP contribution in [-0.4, -0.2) is 57.2 Å². The topological polar surface area (TPSA) is 57.6 Å². The maximum absolute atomic E-state index is 10.8. The van der Waals surface area contributed by atoms with E-state index in [1.165, 1.54) is 6.26 Å². The Morgan fingerprint density at radius 3 is 2.21 bits per heavy atom. The second-order valence-corrected chi connectivity index (χ2v) is 5.98. The monoisotopic (exact) mass is 223 g/mol. The molecule has 0 aliphatic carbocycles. The van der Waals surface area contributed by atoms with Gasteiger partial charge in [0.15, 0.2) is 0 Å². The number of sulfone groups is 1. The molecule has 0 aromatic rings. The third kappa shape index (κ3) is 9.95. The maximum Gasteiger partial charge on any atom is 0.147 e. The van der Waals surface area contributed by atoms with Gasteiger partial charge in [0, 0.05) is 12.9 Å². The fourth-order valence-corrected chi connectivity index (χ4v) is 1.86. The highest BCUT2D eigenvalue weighted by Crippen LogP contribution is 1.95. The summed E-state index contributed by atoms with van der Waals surface area (Å²) in [5.74, 6) is 0.261. The van der Waals surface area contributed by atoms with E-state index in [1.54, 1.807) is 0 Å². The van der Waals surface area contributed by atoms with E-state index in [-0.39, 0.29) is 12.4 Å². The Labute approximate surface area is 86.8 Å². The first-order valence-corrected chi connectivity index (χ1v) is 6.99. The van der Waals surface area contributed by atoms with Crippen molar-refractivity contribution in [2.45, 2.75) is 19.3 Å². The molecular weight excluding hydrogens is 202 g/mol. The predicted molar refractivity (Wildman–Crippen MR) is 58.1 cm³/mol. The molecule has 5 heteroatoms.